The lowest BCUT2D eigenvalue weighted by atomic mass is 10.1. The molecule has 1 heterocycles. The lowest BCUT2D eigenvalue weighted by molar-refractivity contribution is -0.387. The van der Waals surface area contributed by atoms with Crippen molar-refractivity contribution in [1.82, 2.24) is 9.62 Å². The van der Waals surface area contributed by atoms with Crippen LogP contribution in [0.25, 0.3) is 0 Å². The Balaban J connectivity index is 1.60. The number of piperidine rings is 1. The van der Waals surface area contributed by atoms with Gasteiger partial charge in [-0.25, -0.2) is 13.1 Å². The highest BCUT2D eigenvalue weighted by Gasteiger charge is 2.29. The first kappa shape index (κ1) is 19.8. The summed E-state index contributed by atoms with van der Waals surface area (Å²) >= 11 is 5.90. The van der Waals surface area contributed by atoms with Gasteiger partial charge < -0.3 is 0 Å². The van der Waals surface area contributed by atoms with Gasteiger partial charge in [0.15, 0.2) is 4.90 Å². The van der Waals surface area contributed by atoms with Crippen LogP contribution in [0, 0.1) is 10.1 Å². The van der Waals surface area contributed by atoms with Crippen molar-refractivity contribution in [2.75, 3.05) is 13.1 Å². The third kappa shape index (κ3) is 5.04. The highest BCUT2D eigenvalue weighted by atomic mass is 35.5. The van der Waals surface area contributed by atoms with Crippen LogP contribution in [0.1, 0.15) is 18.4 Å². The summed E-state index contributed by atoms with van der Waals surface area (Å²) in [4.78, 5) is 12.4. The quantitative estimate of drug-likeness (QED) is 0.584. The van der Waals surface area contributed by atoms with Gasteiger partial charge in [-0.2, -0.15) is 0 Å². The average molecular weight is 410 g/mol. The van der Waals surface area contributed by atoms with E-state index in [1.165, 1.54) is 24.3 Å². The molecular formula is C18H20ClN3O4S. The summed E-state index contributed by atoms with van der Waals surface area (Å²) in [6, 6.07) is 12.8. The minimum atomic E-state index is -3.94. The molecule has 0 aromatic heterocycles. The molecule has 1 N–H and O–H groups in total. The number of nitrogens with one attached hydrogen (secondary N) is 1. The number of halogens is 1. The zero-order valence-corrected chi connectivity index (χ0v) is 16.1. The molecule has 0 radical (unpaired) electrons. The minimum Gasteiger partial charge on any atom is -0.299 e. The maximum Gasteiger partial charge on any atom is 0.289 e. The van der Waals surface area contributed by atoms with E-state index in [0.717, 1.165) is 25.2 Å². The van der Waals surface area contributed by atoms with Crippen molar-refractivity contribution in [2.24, 2.45) is 0 Å². The SMILES string of the molecule is O=[N+]([O-])c1ccccc1S(=O)(=O)NC1CCN(Cc2ccc(Cl)cc2)CC1. The molecule has 0 saturated carbocycles. The standard InChI is InChI=1S/C18H20ClN3O4S/c19-15-7-5-14(6-8-15)13-21-11-9-16(10-12-21)20-27(25,26)18-4-2-1-3-17(18)22(23)24/h1-8,16,20H,9-13H2. The highest BCUT2D eigenvalue weighted by molar-refractivity contribution is 7.89. The lowest BCUT2D eigenvalue weighted by Crippen LogP contribution is -2.44. The molecule has 0 aliphatic carbocycles. The fraction of sp³-hybridized carbons (Fsp3) is 0.333. The van der Waals surface area contributed by atoms with Gasteiger partial charge in [-0.1, -0.05) is 35.9 Å². The molecular weight excluding hydrogens is 390 g/mol. The van der Waals surface area contributed by atoms with Crippen LogP contribution in [-0.2, 0) is 16.6 Å². The minimum absolute atomic E-state index is 0.240. The first-order chi connectivity index (χ1) is 12.8. The summed E-state index contributed by atoms with van der Waals surface area (Å²) in [6.45, 7) is 2.26. The molecule has 0 spiro atoms. The Kier molecular flexibility index (Phi) is 6.11. The van der Waals surface area contributed by atoms with E-state index in [1.54, 1.807) is 0 Å². The highest BCUT2D eigenvalue weighted by Crippen LogP contribution is 2.24. The zero-order chi connectivity index (χ0) is 19.4. The molecule has 0 bridgehead atoms. The molecule has 144 valence electrons. The second kappa shape index (κ2) is 8.35. The third-order valence-electron chi connectivity index (χ3n) is 4.58. The summed E-state index contributed by atoms with van der Waals surface area (Å²) in [5, 5.41) is 11.8. The molecule has 2 aromatic rings. The lowest BCUT2D eigenvalue weighted by Gasteiger charge is -2.32. The van der Waals surface area contributed by atoms with Crippen molar-refractivity contribution < 1.29 is 13.3 Å². The molecule has 0 amide bonds. The van der Waals surface area contributed by atoms with Crippen LogP contribution in [-0.4, -0.2) is 37.4 Å². The van der Waals surface area contributed by atoms with Crippen molar-refractivity contribution in [3.05, 3.63) is 69.2 Å². The molecule has 3 rings (SSSR count). The summed E-state index contributed by atoms with van der Waals surface area (Å²) in [6.07, 6.45) is 1.29. The molecule has 2 aromatic carbocycles. The molecule has 27 heavy (non-hydrogen) atoms. The number of nitro benzene ring substituents is 1. The largest absolute Gasteiger partial charge is 0.299 e. The predicted molar refractivity (Wildman–Crippen MR) is 103 cm³/mol. The van der Waals surface area contributed by atoms with E-state index in [4.69, 9.17) is 11.6 Å². The van der Waals surface area contributed by atoms with Crippen molar-refractivity contribution >= 4 is 27.3 Å². The summed E-state index contributed by atoms with van der Waals surface area (Å²) < 4.78 is 27.8. The number of sulfonamides is 1. The number of para-hydroxylation sites is 1. The van der Waals surface area contributed by atoms with Gasteiger partial charge in [0.25, 0.3) is 5.69 Å². The second-order valence-corrected chi connectivity index (χ2v) is 8.64. The van der Waals surface area contributed by atoms with Crippen LogP contribution in [0.5, 0.6) is 0 Å². The Bertz CT molecular complexity index is 910. The topological polar surface area (TPSA) is 92.5 Å². The maximum absolute atomic E-state index is 12.6. The monoisotopic (exact) mass is 409 g/mol. The van der Waals surface area contributed by atoms with Gasteiger partial charge in [-0.3, -0.25) is 15.0 Å². The predicted octanol–water partition coefficient (Wildman–Crippen LogP) is 3.19. The maximum atomic E-state index is 12.6. The van der Waals surface area contributed by atoms with Gasteiger partial charge in [-0.05, 0) is 36.6 Å². The first-order valence-electron chi connectivity index (χ1n) is 8.58. The van der Waals surface area contributed by atoms with E-state index in [0.29, 0.717) is 17.9 Å². The normalized spacial score (nSPS) is 16.3. The number of benzene rings is 2. The summed E-state index contributed by atoms with van der Waals surface area (Å²) in [5.41, 5.74) is 0.739. The number of likely N-dealkylation sites (tertiary alicyclic amines) is 1. The number of nitrogens with zero attached hydrogens (tertiary/aromatic N) is 2. The van der Waals surface area contributed by atoms with Gasteiger partial charge in [0.1, 0.15) is 0 Å². The number of nitro groups is 1. The van der Waals surface area contributed by atoms with Crippen LogP contribution in [0.3, 0.4) is 0 Å². The molecule has 1 aliphatic heterocycles. The van der Waals surface area contributed by atoms with E-state index in [1.807, 2.05) is 24.3 Å². The number of hydrogen-bond acceptors (Lipinski definition) is 5. The van der Waals surface area contributed by atoms with Crippen LogP contribution < -0.4 is 4.72 Å². The van der Waals surface area contributed by atoms with Crippen molar-refractivity contribution in [3.8, 4) is 0 Å². The number of rotatable bonds is 6. The Labute approximate surface area is 163 Å². The van der Waals surface area contributed by atoms with Gasteiger partial charge in [0.2, 0.25) is 10.0 Å². The van der Waals surface area contributed by atoms with Gasteiger partial charge in [0.05, 0.1) is 4.92 Å². The van der Waals surface area contributed by atoms with Crippen molar-refractivity contribution in [1.29, 1.82) is 0 Å². The van der Waals surface area contributed by atoms with Crippen LogP contribution >= 0.6 is 11.6 Å². The fourth-order valence-corrected chi connectivity index (χ4v) is 4.78. The van der Waals surface area contributed by atoms with E-state index in [9.17, 15) is 18.5 Å². The molecule has 1 saturated heterocycles. The summed E-state index contributed by atoms with van der Waals surface area (Å²) in [5.74, 6) is 0. The van der Waals surface area contributed by atoms with E-state index >= 15 is 0 Å². The van der Waals surface area contributed by atoms with E-state index < -0.39 is 20.6 Å². The molecule has 9 heteroatoms. The Morgan fingerprint density at radius 2 is 1.74 bits per heavy atom. The Morgan fingerprint density at radius 1 is 1.11 bits per heavy atom. The van der Waals surface area contributed by atoms with Crippen LogP contribution in [0.4, 0.5) is 5.69 Å². The van der Waals surface area contributed by atoms with Crippen molar-refractivity contribution in [3.63, 3.8) is 0 Å². The smallest absolute Gasteiger partial charge is 0.289 e. The fourth-order valence-electron chi connectivity index (χ4n) is 3.18. The number of hydrogen-bond donors (Lipinski definition) is 1. The van der Waals surface area contributed by atoms with E-state index in [-0.39, 0.29) is 10.9 Å². The first-order valence-corrected chi connectivity index (χ1v) is 10.4. The average Bonchev–Trinajstić information content (AvgIpc) is 2.65. The van der Waals surface area contributed by atoms with Crippen LogP contribution in [0.2, 0.25) is 5.02 Å². The molecule has 0 atom stereocenters. The third-order valence-corrected chi connectivity index (χ3v) is 6.40. The van der Waals surface area contributed by atoms with Gasteiger partial charge >= 0.3 is 0 Å². The second-order valence-electron chi connectivity index (χ2n) is 6.52. The van der Waals surface area contributed by atoms with Crippen molar-refractivity contribution in [2.45, 2.75) is 30.3 Å². The van der Waals surface area contributed by atoms with Gasteiger partial charge in [-0.15, -0.1) is 0 Å². The molecule has 0 unspecified atom stereocenters. The molecule has 7 nitrogen and oxygen atoms in total. The van der Waals surface area contributed by atoms with Gasteiger partial charge in [0, 0.05) is 36.8 Å². The van der Waals surface area contributed by atoms with Crippen LogP contribution in [0.15, 0.2) is 53.4 Å². The zero-order valence-electron chi connectivity index (χ0n) is 14.5. The Morgan fingerprint density at radius 3 is 2.37 bits per heavy atom. The summed E-state index contributed by atoms with van der Waals surface area (Å²) in [7, 11) is -3.94. The molecule has 1 fully saturated rings. The molecule has 1 aliphatic rings. The Hall–Kier alpha value is -2.00. The van der Waals surface area contributed by atoms with E-state index in [2.05, 4.69) is 9.62 Å².